The van der Waals surface area contributed by atoms with Crippen molar-refractivity contribution >= 4 is 0 Å². The normalized spacial score (nSPS) is 10.8. The maximum absolute atomic E-state index is 5.80. The van der Waals surface area contributed by atoms with Gasteiger partial charge in [-0.2, -0.15) is 0 Å². The first kappa shape index (κ1) is 15.5. The average Bonchev–Trinajstić information content (AvgIpc) is 2.99. The largest absolute Gasteiger partial charge is 0.496 e. The van der Waals surface area contributed by atoms with Crippen LogP contribution in [0.3, 0.4) is 0 Å². The first-order valence-electron chi connectivity index (χ1n) is 7.13. The number of para-hydroxylation sites is 1. The minimum atomic E-state index is 0.733. The molecule has 21 heavy (non-hydrogen) atoms. The van der Waals surface area contributed by atoms with Gasteiger partial charge in [-0.05, 0) is 25.1 Å². The zero-order chi connectivity index (χ0) is 14.9. The number of ether oxygens (including phenoxy) is 2. The van der Waals surface area contributed by atoms with Gasteiger partial charge in [0.25, 0.3) is 0 Å². The van der Waals surface area contributed by atoms with Crippen molar-refractivity contribution in [1.29, 1.82) is 0 Å². The van der Waals surface area contributed by atoms with Crippen molar-refractivity contribution in [3.63, 3.8) is 0 Å². The van der Waals surface area contributed by atoms with E-state index in [1.807, 2.05) is 24.3 Å². The number of aryl methyl sites for hydroxylation is 1. The SMILES string of the molecule is COCCNCCCc1ncc(-c2ccccc2OC)o1. The van der Waals surface area contributed by atoms with Crippen molar-refractivity contribution in [2.45, 2.75) is 12.8 Å². The number of rotatable bonds is 9. The van der Waals surface area contributed by atoms with Crippen molar-refractivity contribution in [3.05, 3.63) is 36.4 Å². The Bertz CT molecular complexity index is 540. The molecule has 1 aromatic carbocycles. The lowest BCUT2D eigenvalue weighted by Crippen LogP contribution is -2.20. The van der Waals surface area contributed by atoms with Crippen LogP contribution in [0.5, 0.6) is 5.75 Å². The Morgan fingerprint density at radius 1 is 1.19 bits per heavy atom. The van der Waals surface area contributed by atoms with Crippen molar-refractivity contribution in [1.82, 2.24) is 10.3 Å². The van der Waals surface area contributed by atoms with Gasteiger partial charge in [-0.15, -0.1) is 0 Å². The van der Waals surface area contributed by atoms with E-state index in [0.29, 0.717) is 0 Å². The summed E-state index contributed by atoms with van der Waals surface area (Å²) in [5, 5.41) is 3.30. The smallest absolute Gasteiger partial charge is 0.194 e. The molecular weight excluding hydrogens is 268 g/mol. The van der Waals surface area contributed by atoms with Gasteiger partial charge in [-0.1, -0.05) is 12.1 Å². The lowest BCUT2D eigenvalue weighted by atomic mass is 10.1. The fraction of sp³-hybridized carbons (Fsp3) is 0.438. The van der Waals surface area contributed by atoms with Gasteiger partial charge in [0.05, 0.1) is 25.5 Å². The maximum atomic E-state index is 5.80. The summed E-state index contributed by atoms with van der Waals surface area (Å²) in [6, 6.07) is 7.78. The van der Waals surface area contributed by atoms with Crippen LogP contribution in [-0.2, 0) is 11.2 Å². The number of hydrogen-bond acceptors (Lipinski definition) is 5. The van der Waals surface area contributed by atoms with Crippen LogP contribution in [0, 0.1) is 0 Å². The van der Waals surface area contributed by atoms with Gasteiger partial charge in [0.15, 0.2) is 11.7 Å². The van der Waals surface area contributed by atoms with Gasteiger partial charge in [0, 0.05) is 20.1 Å². The van der Waals surface area contributed by atoms with Crippen LogP contribution in [0.25, 0.3) is 11.3 Å². The van der Waals surface area contributed by atoms with Gasteiger partial charge < -0.3 is 19.2 Å². The van der Waals surface area contributed by atoms with Crippen molar-refractivity contribution in [2.24, 2.45) is 0 Å². The molecule has 0 atom stereocenters. The highest BCUT2D eigenvalue weighted by Crippen LogP contribution is 2.29. The summed E-state index contributed by atoms with van der Waals surface area (Å²) in [5.41, 5.74) is 0.928. The summed E-state index contributed by atoms with van der Waals surface area (Å²) >= 11 is 0. The molecule has 2 rings (SSSR count). The molecule has 114 valence electrons. The lowest BCUT2D eigenvalue weighted by Gasteiger charge is -2.04. The molecule has 1 heterocycles. The summed E-state index contributed by atoms with van der Waals surface area (Å²) in [7, 11) is 3.36. The quantitative estimate of drug-likeness (QED) is 0.719. The fourth-order valence-electron chi connectivity index (χ4n) is 2.06. The van der Waals surface area contributed by atoms with Gasteiger partial charge in [0.1, 0.15) is 5.75 Å². The van der Waals surface area contributed by atoms with Crippen molar-refractivity contribution in [3.8, 4) is 17.1 Å². The van der Waals surface area contributed by atoms with E-state index >= 15 is 0 Å². The standard InChI is InChI=1S/C16H22N2O3/c1-19-11-10-17-9-5-8-16-18-12-15(21-16)13-6-3-4-7-14(13)20-2/h3-4,6-7,12,17H,5,8-11H2,1-2H3. The summed E-state index contributed by atoms with van der Waals surface area (Å²) in [5.74, 6) is 2.29. The van der Waals surface area contributed by atoms with Crippen LogP contribution in [0.1, 0.15) is 12.3 Å². The van der Waals surface area contributed by atoms with E-state index in [1.54, 1.807) is 20.4 Å². The topological polar surface area (TPSA) is 56.5 Å². The van der Waals surface area contributed by atoms with E-state index in [0.717, 1.165) is 55.5 Å². The molecule has 0 bridgehead atoms. The fourth-order valence-corrected chi connectivity index (χ4v) is 2.06. The highest BCUT2D eigenvalue weighted by molar-refractivity contribution is 5.64. The van der Waals surface area contributed by atoms with Crippen LogP contribution in [0.15, 0.2) is 34.9 Å². The molecule has 0 unspecified atom stereocenters. The highest BCUT2D eigenvalue weighted by atomic mass is 16.5. The molecule has 1 aromatic heterocycles. The number of hydrogen-bond donors (Lipinski definition) is 1. The average molecular weight is 290 g/mol. The second-order valence-electron chi connectivity index (χ2n) is 4.66. The molecular formula is C16H22N2O3. The molecule has 0 spiro atoms. The van der Waals surface area contributed by atoms with Crippen LogP contribution in [-0.4, -0.2) is 38.9 Å². The summed E-state index contributed by atoms with van der Waals surface area (Å²) < 4.78 is 16.1. The molecule has 2 aromatic rings. The molecule has 0 aliphatic heterocycles. The minimum absolute atomic E-state index is 0.733. The van der Waals surface area contributed by atoms with Gasteiger partial charge in [-0.25, -0.2) is 4.98 Å². The molecule has 0 saturated heterocycles. The first-order valence-corrected chi connectivity index (χ1v) is 7.13. The zero-order valence-electron chi connectivity index (χ0n) is 12.6. The van der Waals surface area contributed by atoms with E-state index in [2.05, 4.69) is 10.3 Å². The van der Waals surface area contributed by atoms with Crippen LogP contribution in [0.4, 0.5) is 0 Å². The van der Waals surface area contributed by atoms with Gasteiger partial charge >= 0.3 is 0 Å². The predicted molar refractivity (Wildman–Crippen MR) is 81.6 cm³/mol. The van der Waals surface area contributed by atoms with E-state index in [1.165, 1.54) is 0 Å². The van der Waals surface area contributed by atoms with Crippen molar-refractivity contribution < 1.29 is 13.9 Å². The lowest BCUT2D eigenvalue weighted by molar-refractivity contribution is 0.199. The highest BCUT2D eigenvalue weighted by Gasteiger charge is 2.10. The predicted octanol–water partition coefficient (Wildman–Crippen LogP) is 2.52. The number of nitrogens with zero attached hydrogens (tertiary/aromatic N) is 1. The number of aromatic nitrogens is 1. The summed E-state index contributed by atoms with van der Waals surface area (Å²) in [6.45, 7) is 2.53. The van der Waals surface area contributed by atoms with E-state index in [4.69, 9.17) is 13.9 Å². The second kappa shape index (κ2) is 8.44. The molecule has 5 nitrogen and oxygen atoms in total. The van der Waals surface area contributed by atoms with E-state index in [-0.39, 0.29) is 0 Å². The van der Waals surface area contributed by atoms with Gasteiger partial charge in [0.2, 0.25) is 0 Å². The molecule has 0 aliphatic carbocycles. The monoisotopic (exact) mass is 290 g/mol. The third kappa shape index (κ3) is 4.58. The minimum Gasteiger partial charge on any atom is -0.496 e. The number of oxazole rings is 1. The van der Waals surface area contributed by atoms with E-state index in [9.17, 15) is 0 Å². The molecule has 0 saturated carbocycles. The molecule has 0 radical (unpaired) electrons. The Morgan fingerprint density at radius 3 is 2.86 bits per heavy atom. The third-order valence-electron chi connectivity index (χ3n) is 3.15. The van der Waals surface area contributed by atoms with Gasteiger partial charge in [-0.3, -0.25) is 0 Å². The molecule has 5 heteroatoms. The second-order valence-corrected chi connectivity index (χ2v) is 4.66. The summed E-state index contributed by atoms with van der Waals surface area (Å²) in [4.78, 5) is 4.33. The zero-order valence-corrected chi connectivity index (χ0v) is 12.6. The Labute approximate surface area is 125 Å². The van der Waals surface area contributed by atoms with Crippen LogP contribution >= 0.6 is 0 Å². The Balaban J connectivity index is 1.87. The Kier molecular flexibility index (Phi) is 6.24. The summed E-state index contributed by atoms with van der Waals surface area (Å²) in [6.07, 6.45) is 3.55. The van der Waals surface area contributed by atoms with Crippen molar-refractivity contribution in [2.75, 3.05) is 33.9 Å². The Hall–Kier alpha value is -1.85. The maximum Gasteiger partial charge on any atom is 0.194 e. The number of nitrogens with one attached hydrogen (secondary N) is 1. The Morgan fingerprint density at radius 2 is 2.05 bits per heavy atom. The first-order chi connectivity index (χ1) is 10.3. The molecule has 1 N–H and O–H groups in total. The molecule has 0 aliphatic rings. The van der Waals surface area contributed by atoms with Crippen LogP contribution < -0.4 is 10.1 Å². The molecule has 0 amide bonds. The third-order valence-corrected chi connectivity index (χ3v) is 3.15. The molecule has 0 fully saturated rings. The number of benzene rings is 1. The van der Waals surface area contributed by atoms with E-state index < -0.39 is 0 Å². The van der Waals surface area contributed by atoms with Crippen LogP contribution in [0.2, 0.25) is 0 Å². The number of methoxy groups -OCH3 is 2.